The van der Waals surface area contributed by atoms with Crippen molar-refractivity contribution in [3.8, 4) is 11.4 Å². The first-order chi connectivity index (χ1) is 12.7. The van der Waals surface area contributed by atoms with Gasteiger partial charge < -0.3 is 20.5 Å². The summed E-state index contributed by atoms with van der Waals surface area (Å²) in [5.74, 6) is 0.146. The Balaban J connectivity index is 1.97. The fraction of sp³-hybridized carbons (Fsp3) is 0.556. The molecule has 1 aliphatic heterocycles. The second kappa shape index (κ2) is 7.15. The summed E-state index contributed by atoms with van der Waals surface area (Å²) in [6, 6.07) is -0.661. The summed E-state index contributed by atoms with van der Waals surface area (Å²) in [6.07, 6.45) is 3.61. The van der Waals surface area contributed by atoms with Crippen LogP contribution in [-0.4, -0.2) is 50.8 Å². The van der Waals surface area contributed by atoms with Crippen LogP contribution in [0.2, 0.25) is 0 Å². The molecule has 9 nitrogen and oxygen atoms in total. The molecule has 27 heavy (non-hydrogen) atoms. The van der Waals surface area contributed by atoms with E-state index in [1.54, 1.807) is 17.9 Å². The normalized spacial score (nSPS) is 15.1. The second-order valence-electron chi connectivity index (χ2n) is 7.85. The molecular formula is C18H27N7O2. The molecule has 0 saturated carbocycles. The lowest BCUT2D eigenvalue weighted by Crippen LogP contribution is -2.53. The summed E-state index contributed by atoms with van der Waals surface area (Å²) in [7, 11) is 3.41. The average molecular weight is 373 g/mol. The van der Waals surface area contributed by atoms with Gasteiger partial charge in [0.1, 0.15) is 11.9 Å². The van der Waals surface area contributed by atoms with Gasteiger partial charge in [0.25, 0.3) is 5.91 Å². The molecule has 0 radical (unpaired) electrons. The van der Waals surface area contributed by atoms with Crippen LogP contribution in [0.4, 0.5) is 0 Å². The molecule has 3 heterocycles. The number of amides is 2. The molecule has 0 aromatic carbocycles. The Morgan fingerprint density at radius 1 is 1.33 bits per heavy atom. The molecule has 3 rings (SSSR count). The third kappa shape index (κ3) is 3.73. The Morgan fingerprint density at radius 2 is 2.07 bits per heavy atom. The van der Waals surface area contributed by atoms with Crippen molar-refractivity contribution in [3.05, 3.63) is 23.8 Å². The van der Waals surface area contributed by atoms with Gasteiger partial charge in [0, 0.05) is 39.9 Å². The number of likely N-dealkylation sites (N-methyl/N-ethyl adjacent to an activating group) is 1. The molecule has 0 fully saturated rings. The van der Waals surface area contributed by atoms with E-state index in [2.05, 4.69) is 30.6 Å². The van der Waals surface area contributed by atoms with E-state index in [0.29, 0.717) is 12.2 Å². The van der Waals surface area contributed by atoms with E-state index >= 15 is 0 Å². The highest BCUT2D eigenvalue weighted by atomic mass is 16.2. The minimum absolute atomic E-state index is 0.227. The van der Waals surface area contributed by atoms with Gasteiger partial charge in [-0.25, -0.2) is 4.98 Å². The van der Waals surface area contributed by atoms with Crippen LogP contribution in [0.1, 0.15) is 37.0 Å². The van der Waals surface area contributed by atoms with Crippen LogP contribution < -0.4 is 16.0 Å². The van der Waals surface area contributed by atoms with Crippen LogP contribution in [0.25, 0.3) is 11.4 Å². The number of aryl methyl sites for hydroxylation is 1. The summed E-state index contributed by atoms with van der Waals surface area (Å²) in [5, 5.41) is 13.0. The molecule has 146 valence electrons. The Kier molecular flexibility index (Phi) is 5.05. The van der Waals surface area contributed by atoms with Gasteiger partial charge in [-0.2, -0.15) is 5.10 Å². The van der Waals surface area contributed by atoms with E-state index in [4.69, 9.17) is 0 Å². The van der Waals surface area contributed by atoms with Gasteiger partial charge in [0.2, 0.25) is 5.91 Å². The molecule has 0 aliphatic carbocycles. The molecule has 0 spiro atoms. The monoisotopic (exact) mass is 373 g/mol. The van der Waals surface area contributed by atoms with Crippen molar-refractivity contribution in [1.29, 1.82) is 0 Å². The van der Waals surface area contributed by atoms with Gasteiger partial charge >= 0.3 is 0 Å². The number of hydrogen-bond donors (Lipinski definition) is 3. The standard InChI is InChI=1S/C18H27N7O2/c1-18(2,3)14(17(27)19-4)23-16(26)13-12-9-20-6-7-25(12)15(22-13)11-8-21-24(5)10-11/h8,10,14,20H,6-7,9H2,1-5H3,(H,19,27)(H,23,26)/t14-/m0/s1. The maximum absolute atomic E-state index is 13.0. The van der Waals surface area contributed by atoms with Crippen molar-refractivity contribution in [2.75, 3.05) is 13.6 Å². The number of carbonyl (C=O) groups excluding carboxylic acids is 2. The first-order valence-electron chi connectivity index (χ1n) is 9.04. The Morgan fingerprint density at radius 3 is 2.67 bits per heavy atom. The maximum atomic E-state index is 13.0. The lowest BCUT2D eigenvalue weighted by Gasteiger charge is -2.29. The van der Waals surface area contributed by atoms with Crippen molar-refractivity contribution >= 4 is 11.8 Å². The fourth-order valence-electron chi connectivity index (χ4n) is 3.26. The summed E-state index contributed by atoms with van der Waals surface area (Å²) in [5.41, 5.74) is 1.60. The summed E-state index contributed by atoms with van der Waals surface area (Å²) < 4.78 is 3.76. The molecule has 1 aliphatic rings. The summed E-state index contributed by atoms with van der Waals surface area (Å²) in [4.78, 5) is 29.9. The van der Waals surface area contributed by atoms with Gasteiger partial charge in [-0.1, -0.05) is 20.8 Å². The topological polar surface area (TPSA) is 106 Å². The van der Waals surface area contributed by atoms with E-state index in [-0.39, 0.29) is 11.8 Å². The lowest BCUT2D eigenvalue weighted by molar-refractivity contribution is -0.124. The van der Waals surface area contributed by atoms with E-state index in [9.17, 15) is 9.59 Å². The molecular weight excluding hydrogens is 346 g/mol. The van der Waals surface area contributed by atoms with Crippen molar-refractivity contribution < 1.29 is 9.59 Å². The largest absolute Gasteiger partial charge is 0.357 e. The molecule has 3 N–H and O–H groups in total. The van der Waals surface area contributed by atoms with E-state index in [1.165, 1.54) is 0 Å². The summed E-state index contributed by atoms with van der Waals surface area (Å²) >= 11 is 0. The number of aromatic nitrogens is 4. The quantitative estimate of drug-likeness (QED) is 0.714. The molecule has 1 atom stereocenters. The van der Waals surface area contributed by atoms with Gasteiger partial charge in [-0.15, -0.1) is 0 Å². The number of rotatable bonds is 4. The van der Waals surface area contributed by atoms with Crippen molar-refractivity contribution in [1.82, 2.24) is 35.3 Å². The van der Waals surface area contributed by atoms with Crippen LogP contribution in [0.15, 0.2) is 12.4 Å². The lowest BCUT2D eigenvalue weighted by atomic mass is 9.86. The molecule has 2 aromatic rings. The van der Waals surface area contributed by atoms with Crippen LogP contribution in [-0.2, 0) is 24.9 Å². The fourth-order valence-corrected chi connectivity index (χ4v) is 3.26. The Hall–Kier alpha value is -2.68. The Labute approximate surface area is 158 Å². The molecule has 0 unspecified atom stereocenters. The van der Waals surface area contributed by atoms with Gasteiger partial charge in [0.05, 0.1) is 17.5 Å². The SMILES string of the molecule is CNC(=O)[C@H](NC(=O)c1nc(-c2cnn(C)c2)n2c1CNCC2)C(C)(C)C. The van der Waals surface area contributed by atoms with Gasteiger partial charge in [0.15, 0.2) is 5.69 Å². The highest BCUT2D eigenvalue weighted by Crippen LogP contribution is 2.25. The second-order valence-corrected chi connectivity index (χ2v) is 7.85. The number of nitrogens with one attached hydrogen (secondary N) is 3. The third-order valence-corrected chi connectivity index (χ3v) is 4.71. The highest BCUT2D eigenvalue weighted by molar-refractivity contribution is 5.97. The molecule has 0 saturated heterocycles. The molecule has 2 amide bonds. The molecule has 9 heteroatoms. The van der Waals surface area contributed by atoms with E-state index < -0.39 is 11.5 Å². The zero-order valence-electron chi connectivity index (χ0n) is 16.5. The van der Waals surface area contributed by atoms with Crippen LogP contribution in [0.3, 0.4) is 0 Å². The minimum atomic E-state index is -0.661. The van der Waals surface area contributed by atoms with Crippen LogP contribution in [0, 0.1) is 5.41 Å². The smallest absolute Gasteiger partial charge is 0.272 e. The summed E-state index contributed by atoms with van der Waals surface area (Å²) in [6.45, 7) is 7.82. The number of imidazole rings is 1. The zero-order chi connectivity index (χ0) is 19.8. The predicted octanol–water partition coefficient (Wildman–Crippen LogP) is 0.277. The van der Waals surface area contributed by atoms with Crippen molar-refractivity contribution in [2.24, 2.45) is 12.5 Å². The molecule has 0 bridgehead atoms. The average Bonchev–Trinajstić information content (AvgIpc) is 3.21. The van der Waals surface area contributed by atoms with E-state index in [0.717, 1.165) is 30.2 Å². The predicted molar refractivity (Wildman–Crippen MR) is 101 cm³/mol. The number of fused-ring (bicyclic) bond motifs is 1. The first-order valence-corrected chi connectivity index (χ1v) is 9.04. The third-order valence-electron chi connectivity index (χ3n) is 4.71. The van der Waals surface area contributed by atoms with Crippen molar-refractivity contribution in [2.45, 2.75) is 39.9 Å². The highest BCUT2D eigenvalue weighted by Gasteiger charge is 2.34. The van der Waals surface area contributed by atoms with Gasteiger partial charge in [-0.05, 0) is 5.41 Å². The first kappa shape index (κ1) is 19.1. The number of hydrogen-bond acceptors (Lipinski definition) is 5. The Bertz CT molecular complexity index is 860. The number of carbonyl (C=O) groups is 2. The number of nitrogens with zero attached hydrogens (tertiary/aromatic N) is 4. The zero-order valence-corrected chi connectivity index (χ0v) is 16.5. The van der Waals surface area contributed by atoms with Crippen LogP contribution >= 0.6 is 0 Å². The van der Waals surface area contributed by atoms with E-state index in [1.807, 2.05) is 34.0 Å². The van der Waals surface area contributed by atoms with Crippen LogP contribution in [0.5, 0.6) is 0 Å². The molecule has 2 aromatic heterocycles. The minimum Gasteiger partial charge on any atom is -0.357 e. The maximum Gasteiger partial charge on any atom is 0.272 e. The van der Waals surface area contributed by atoms with Crippen molar-refractivity contribution in [3.63, 3.8) is 0 Å². The van der Waals surface area contributed by atoms with Gasteiger partial charge in [-0.3, -0.25) is 14.3 Å².